The molecule has 0 N–H and O–H groups in total. The minimum absolute atomic E-state index is 0.0228. The number of aryl methyl sites for hydroxylation is 1. The van der Waals surface area contributed by atoms with E-state index in [4.69, 9.17) is 0 Å². The van der Waals surface area contributed by atoms with Crippen LogP contribution in [0.2, 0.25) is 0 Å². The fraction of sp³-hybridized carbons (Fsp3) is 0.706. The van der Waals surface area contributed by atoms with Gasteiger partial charge in [-0.1, -0.05) is 13.8 Å². The van der Waals surface area contributed by atoms with E-state index in [-0.39, 0.29) is 5.91 Å². The van der Waals surface area contributed by atoms with Crippen LogP contribution in [-0.2, 0) is 0 Å². The van der Waals surface area contributed by atoms with Gasteiger partial charge in [-0.05, 0) is 26.8 Å². The number of rotatable bonds is 6. The smallest absolute Gasteiger partial charge is 0.272 e. The molecule has 2 rings (SSSR count). The summed E-state index contributed by atoms with van der Waals surface area (Å²) in [7, 11) is 2.13. The van der Waals surface area contributed by atoms with E-state index >= 15 is 0 Å². The fourth-order valence-electron chi connectivity index (χ4n) is 2.88. The molecule has 0 saturated carbocycles. The van der Waals surface area contributed by atoms with Crippen LogP contribution >= 0.6 is 0 Å². The number of carbonyl (C=O) groups excluding carboxylic acids is 1. The minimum Gasteiger partial charge on any atom is -0.354 e. The van der Waals surface area contributed by atoms with E-state index < -0.39 is 0 Å². The molecule has 0 aromatic carbocycles. The molecule has 128 valence electrons. The molecule has 0 aliphatic carbocycles. The Kier molecular flexibility index (Phi) is 6.33. The minimum atomic E-state index is 0.0228. The average Bonchev–Trinajstić information content (AvgIpc) is 2.54. The van der Waals surface area contributed by atoms with Crippen LogP contribution in [-0.4, -0.2) is 72.0 Å². The van der Waals surface area contributed by atoms with Crippen molar-refractivity contribution in [1.82, 2.24) is 19.8 Å². The van der Waals surface area contributed by atoms with Gasteiger partial charge in [0.05, 0.1) is 0 Å². The molecule has 1 aliphatic rings. The highest BCUT2D eigenvalue weighted by Crippen LogP contribution is 2.16. The van der Waals surface area contributed by atoms with Crippen molar-refractivity contribution in [2.45, 2.75) is 33.6 Å². The Morgan fingerprint density at radius 2 is 1.74 bits per heavy atom. The first-order chi connectivity index (χ1) is 11.0. The standard InChI is InChI=1S/C17H29N5O/c1-5-7-22(8-6-2)17(23)15-13-16(19-14(3)18-15)21-11-9-20(4)10-12-21/h13H,5-12H2,1-4H3. The van der Waals surface area contributed by atoms with Crippen LogP contribution in [0.3, 0.4) is 0 Å². The van der Waals surface area contributed by atoms with Crippen LogP contribution < -0.4 is 4.90 Å². The molecule has 6 heteroatoms. The molecule has 0 atom stereocenters. The molecule has 1 saturated heterocycles. The van der Waals surface area contributed by atoms with Crippen LogP contribution in [0.5, 0.6) is 0 Å². The molecule has 6 nitrogen and oxygen atoms in total. The number of carbonyl (C=O) groups is 1. The fourth-order valence-corrected chi connectivity index (χ4v) is 2.88. The summed E-state index contributed by atoms with van der Waals surface area (Å²) < 4.78 is 0. The highest BCUT2D eigenvalue weighted by molar-refractivity contribution is 5.93. The molecular weight excluding hydrogens is 290 g/mol. The normalized spacial score (nSPS) is 15.7. The highest BCUT2D eigenvalue weighted by Gasteiger charge is 2.21. The highest BCUT2D eigenvalue weighted by atomic mass is 16.2. The van der Waals surface area contributed by atoms with Crippen molar-refractivity contribution in [3.05, 3.63) is 17.6 Å². The Balaban J connectivity index is 2.20. The van der Waals surface area contributed by atoms with Gasteiger partial charge in [-0.25, -0.2) is 9.97 Å². The van der Waals surface area contributed by atoms with E-state index in [9.17, 15) is 4.79 Å². The molecule has 23 heavy (non-hydrogen) atoms. The lowest BCUT2D eigenvalue weighted by Crippen LogP contribution is -2.45. The van der Waals surface area contributed by atoms with Crippen molar-refractivity contribution < 1.29 is 4.79 Å². The molecule has 1 amide bonds. The molecule has 0 bridgehead atoms. The van der Waals surface area contributed by atoms with E-state index in [1.807, 2.05) is 17.9 Å². The monoisotopic (exact) mass is 319 g/mol. The van der Waals surface area contributed by atoms with Crippen LogP contribution in [0.15, 0.2) is 6.07 Å². The molecule has 0 spiro atoms. The van der Waals surface area contributed by atoms with E-state index in [0.29, 0.717) is 11.5 Å². The molecule has 2 heterocycles. The summed E-state index contributed by atoms with van der Waals surface area (Å²) in [6.45, 7) is 11.5. The SMILES string of the molecule is CCCN(CCC)C(=O)c1cc(N2CCN(C)CC2)nc(C)n1. The molecular formula is C17H29N5O. The van der Waals surface area contributed by atoms with E-state index in [1.165, 1.54) is 0 Å². The number of hydrogen-bond donors (Lipinski definition) is 0. The summed E-state index contributed by atoms with van der Waals surface area (Å²) in [5.41, 5.74) is 0.522. The number of hydrogen-bond acceptors (Lipinski definition) is 5. The molecule has 1 aromatic heterocycles. The summed E-state index contributed by atoms with van der Waals surface area (Å²) in [4.78, 5) is 28.2. The van der Waals surface area contributed by atoms with Crippen LogP contribution in [0.4, 0.5) is 5.82 Å². The molecule has 1 fully saturated rings. The van der Waals surface area contributed by atoms with Gasteiger partial charge in [0.25, 0.3) is 5.91 Å². The van der Waals surface area contributed by atoms with Gasteiger partial charge in [0.15, 0.2) is 0 Å². The predicted molar refractivity (Wildman–Crippen MR) is 93.0 cm³/mol. The largest absolute Gasteiger partial charge is 0.354 e. The van der Waals surface area contributed by atoms with Gasteiger partial charge in [0.1, 0.15) is 17.3 Å². The lowest BCUT2D eigenvalue weighted by Gasteiger charge is -2.33. The van der Waals surface area contributed by atoms with E-state index in [1.54, 1.807) is 0 Å². The molecule has 0 radical (unpaired) electrons. The third-order valence-electron chi connectivity index (χ3n) is 4.15. The number of amides is 1. The van der Waals surface area contributed by atoms with E-state index in [2.05, 4.69) is 40.7 Å². The average molecular weight is 319 g/mol. The van der Waals surface area contributed by atoms with Crippen molar-refractivity contribution >= 4 is 11.7 Å². The number of piperazine rings is 1. The Hall–Kier alpha value is -1.69. The van der Waals surface area contributed by atoms with Crippen molar-refractivity contribution in [3.63, 3.8) is 0 Å². The number of likely N-dealkylation sites (N-methyl/N-ethyl adjacent to an activating group) is 1. The number of nitrogens with zero attached hydrogens (tertiary/aromatic N) is 5. The number of aromatic nitrogens is 2. The van der Waals surface area contributed by atoms with Gasteiger partial charge in [0, 0.05) is 45.3 Å². The summed E-state index contributed by atoms with van der Waals surface area (Å²) in [6.07, 6.45) is 1.92. The van der Waals surface area contributed by atoms with Gasteiger partial charge in [-0.2, -0.15) is 0 Å². The Bertz CT molecular complexity index is 520. The summed E-state index contributed by atoms with van der Waals surface area (Å²) >= 11 is 0. The molecule has 1 aromatic rings. The lowest BCUT2D eigenvalue weighted by molar-refractivity contribution is 0.0749. The van der Waals surface area contributed by atoms with Gasteiger partial charge >= 0.3 is 0 Å². The van der Waals surface area contributed by atoms with Crippen molar-refractivity contribution in [1.29, 1.82) is 0 Å². The Labute approximate surface area is 139 Å². The van der Waals surface area contributed by atoms with Crippen molar-refractivity contribution in [2.75, 3.05) is 51.2 Å². The van der Waals surface area contributed by atoms with Crippen LogP contribution in [0, 0.1) is 6.92 Å². The first-order valence-corrected chi connectivity index (χ1v) is 8.63. The first-order valence-electron chi connectivity index (χ1n) is 8.63. The second-order valence-electron chi connectivity index (χ2n) is 6.24. The van der Waals surface area contributed by atoms with Gasteiger partial charge < -0.3 is 14.7 Å². The van der Waals surface area contributed by atoms with Crippen LogP contribution in [0.1, 0.15) is 43.0 Å². The van der Waals surface area contributed by atoms with Crippen molar-refractivity contribution in [3.8, 4) is 0 Å². The summed E-state index contributed by atoms with van der Waals surface area (Å²) in [5, 5.41) is 0. The molecule has 0 unspecified atom stereocenters. The second kappa shape index (κ2) is 8.24. The third-order valence-corrected chi connectivity index (χ3v) is 4.15. The zero-order chi connectivity index (χ0) is 16.8. The second-order valence-corrected chi connectivity index (χ2v) is 6.24. The Morgan fingerprint density at radius 3 is 2.30 bits per heavy atom. The van der Waals surface area contributed by atoms with Gasteiger partial charge in [-0.3, -0.25) is 4.79 Å². The quantitative estimate of drug-likeness (QED) is 0.800. The predicted octanol–water partition coefficient (Wildman–Crippen LogP) is 1.80. The lowest BCUT2D eigenvalue weighted by atomic mass is 10.2. The van der Waals surface area contributed by atoms with Gasteiger partial charge in [-0.15, -0.1) is 0 Å². The van der Waals surface area contributed by atoms with E-state index in [0.717, 1.165) is 57.9 Å². The number of anilines is 1. The first kappa shape index (κ1) is 17.7. The zero-order valence-corrected chi connectivity index (χ0v) is 14.9. The summed E-state index contributed by atoms with van der Waals surface area (Å²) in [6, 6.07) is 1.86. The third kappa shape index (κ3) is 4.64. The van der Waals surface area contributed by atoms with Crippen LogP contribution in [0.25, 0.3) is 0 Å². The maximum Gasteiger partial charge on any atom is 0.272 e. The summed E-state index contributed by atoms with van der Waals surface area (Å²) in [5.74, 6) is 1.56. The Morgan fingerprint density at radius 1 is 1.13 bits per heavy atom. The van der Waals surface area contributed by atoms with Gasteiger partial charge in [0.2, 0.25) is 0 Å². The maximum absolute atomic E-state index is 12.8. The zero-order valence-electron chi connectivity index (χ0n) is 14.9. The van der Waals surface area contributed by atoms with Crippen molar-refractivity contribution in [2.24, 2.45) is 0 Å². The maximum atomic E-state index is 12.8. The molecule has 1 aliphatic heterocycles. The topological polar surface area (TPSA) is 52.6 Å².